The van der Waals surface area contributed by atoms with Gasteiger partial charge in [-0.2, -0.15) is 5.10 Å². The van der Waals surface area contributed by atoms with Gasteiger partial charge in [0.05, 0.1) is 40.8 Å². The SMILES string of the molecule is COc1ccc(-c2cc3c(NC4CCC(NC(=O)OC(C)(C)C)CC4)c(C(N)=Nc4cc(F)ccc4Cl)cnn3c2)c(C2CC2)c1. The molecule has 11 heteroatoms. The maximum Gasteiger partial charge on any atom is 0.407 e. The Labute approximate surface area is 273 Å². The van der Waals surface area contributed by atoms with E-state index in [1.807, 2.05) is 37.5 Å². The average Bonchev–Trinajstić information content (AvgIpc) is 3.77. The van der Waals surface area contributed by atoms with Gasteiger partial charge in [-0.25, -0.2) is 18.7 Å². The first-order valence-corrected chi connectivity index (χ1v) is 16.1. The second-order valence-corrected chi connectivity index (χ2v) is 13.6. The third-order valence-corrected chi connectivity index (χ3v) is 8.77. The average molecular weight is 647 g/mol. The summed E-state index contributed by atoms with van der Waals surface area (Å²) in [6.07, 6.45) is 8.84. The van der Waals surface area contributed by atoms with E-state index < -0.39 is 17.5 Å². The number of amidine groups is 1. The molecule has 2 aromatic carbocycles. The van der Waals surface area contributed by atoms with Crippen molar-refractivity contribution >= 4 is 40.4 Å². The predicted molar refractivity (Wildman–Crippen MR) is 180 cm³/mol. The molecule has 2 heterocycles. The second-order valence-electron chi connectivity index (χ2n) is 13.2. The zero-order chi connectivity index (χ0) is 32.6. The van der Waals surface area contributed by atoms with E-state index in [0.29, 0.717) is 16.5 Å². The minimum absolute atomic E-state index is 0.0300. The van der Waals surface area contributed by atoms with Crippen molar-refractivity contribution in [2.24, 2.45) is 10.7 Å². The number of rotatable bonds is 8. The largest absolute Gasteiger partial charge is 0.497 e. The summed E-state index contributed by atoms with van der Waals surface area (Å²) in [5, 5.41) is 11.7. The Morgan fingerprint density at radius 2 is 1.80 bits per heavy atom. The van der Waals surface area contributed by atoms with Crippen LogP contribution in [0.2, 0.25) is 5.02 Å². The highest BCUT2D eigenvalue weighted by Gasteiger charge is 2.29. The molecule has 0 atom stereocenters. The number of amides is 1. The Balaban J connectivity index is 1.34. The Bertz CT molecular complexity index is 1790. The number of ether oxygens (including phenoxy) is 2. The highest BCUT2D eigenvalue weighted by Crippen LogP contribution is 2.46. The summed E-state index contributed by atoms with van der Waals surface area (Å²) in [4.78, 5) is 16.9. The molecule has 9 nitrogen and oxygen atoms in total. The monoisotopic (exact) mass is 646 g/mol. The molecule has 0 aliphatic heterocycles. The van der Waals surface area contributed by atoms with Crippen LogP contribution in [0.15, 0.2) is 59.9 Å². The number of carbonyl (C=O) groups is 1. The number of methoxy groups -OCH3 is 1. The van der Waals surface area contributed by atoms with Gasteiger partial charge in [-0.3, -0.25) is 0 Å². The molecule has 4 aromatic rings. The molecule has 6 rings (SSSR count). The van der Waals surface area contributed by atoms with Gasteiger partial charge in [-0.1, -0.05) is 17.7 Å². The first-order chi connectivity index (χ1) is 22.0. The molecule has 1 amide bonds. The molecule has 2 aliphatic rings. The Hall–Kier alpha value is -4.31. The van der Waals surface area contributed by atoms with Crippen molar-refractivity contribution in [1.29, 1.82) is 0 Å². The lowest BCUT2D eigenvalue weighted by molar-refractivity contribution is 0.0492. The summed E-state index contributed by atoms with van der Waals surface area (Å²) in [6.45, 7) is 5.56. The van der Waals surface area contributed by atoms with Crippen LogP contribution in [0.3, 0.4) is 0 Å². The van der Waals surface area contributed by atoms with Crippen molar-refractivity contribution in [3.05, 3.63) is 76.8 Å². The fourth-order valence-electron chi connectivity index (χ4n) is 6.03. The second kappa shape index (κ2) is 12.8. The van der Waals surface area contributed by atoms with E-state index in [1.54, 1.807) is 13.3 Å². The summed E-state index contributed by atoms with van der Waals surface area (Å²) in [6, 6.07) is 12.5. The molecule has 0 saturated heterocycles. The van der Waals surface area contributed by atoms with Crippen molar-refractivity contribution in [2.45, 2.75) is 82.9 Å². The van der Waals surface area contributed by atoms with Crippen LogP contribution in [0.25, 0.3) is 16.6 Å². The smallest absolute Gasteiger partial charge is 0.407 e. The van der Waals surface area contributed by atoms with Gasteiger partial charge in [-0.05, 0) is 107 Å². The number of hydrogen-bond acceptors (Lipinski definition) is 6. The van der Waals surface area contributed by atoms with Crippen LogP contribution in [0.4, 0.5) is 20.6 Å². The van der Waals surface area contributed by atoms with Crippen molar-refractivity contribution in [2.75, 3.05) is 12.4 Å². The molecule has 0 radical (unpaired) electrons. The maximum atomic E-state index is 14.1. The summed E-state index contributed by atoms with van der Waals surface area (Å²) >= 11 is 6.33. The summed E-state index contributed by atoms with van der Waals surface area (Å²) in [7, 11) is 1.69. The third kappa shape index (κ3) is 7.22. The Kier molecular flexibility index (Phi) is 8.83. The van der Waals surface area contributed by atoms with E-state index in [0.717, 1.165) is 66.6 Å². The van der Waals surface area contributed by atoms with Crippen LogP contribution in [-0.2, 0) is 4.74 Å². The Morgan fingerprint density at radius 3 is 2.50 bits per heavy atom. The quantitative estimate of drug-likeness (QED) is 0.132. The number of nitrogens with two attached hydrogens (primary N) is 1. The van der Waals surface area contributed by atoms with E-state index in [1.165, 1.54) is 23.8 Å². The van der Waals surface area contributed by atoms with Gasteiger partial charge in [0.1, 0.15) is 23.0 Å². The van der Waals surface area contributed by atoms with Gasteiger partial charge in [0, 0.05) is 29.9 Å². The molecule has 2 aliphatic carbocycles. The van der Waals surface area contributed by atoms with Crippen molar-refractivity contribution in [3.8, 4) is 16.9 Å². The summed E-state index contributed by atoms with van der Waals surface area (Å²) < 4.78 is 26.9. The molecule has 0 unspecified atom stereocenters. The number of halogens is 2. The Morgan fingerprint density at radius 1 is 1.07 bits per heavy atom. The molecule has 4 N–H and O–H groups in total. The van der Waals surface area contributed by atoms with Gasteiger partial charge in [0.15, 0.2) is 0 Å². The van der Waals surface area contributed by atoms with Gasteiger partial charge in [-0.15, -0.1) is 0 Å². The van der Waals surface area contributed by atoms with Gasteiger partial charge < -0.3 is 25.8 Å². The topological polar surface area (TPSA) is 115 Å². The van der Waals surface area contributed by atoms with Crippen LogP contribution >= 0.6 is 11.6 Å². The fourth-order valence-corrected chi connectivity index (χ4v) is 6.19. The van der Waals surface area contributed by atoms with Crippen LogP contribution in [0, 0.1) is 5.82 Å². The van der Waals surface area contributed by atoms with Crippen molar-refractivity contribution < 1.29 is 18.7 Å². The lowest BCUT2D eigenvalue weighted by atomic mass is 9.91. The van der Waals surface area contributed by atoms with Gasteiger partial charge in [0.2, 0.25) is 0 Å². The maximum absolute atomic E-state index is 14.1. The molecule has 2 aromatic heterocycles. The number of anilines is 1. The molecular weight excluding hydrogens is 607 g/mol. The first-order valence-electron chi connectivity index (χ1n) is 15.7. The fraction of sp³-hybridized carbons (Fsp3) is 0.400. The highest BCUT2D eigenvalue weighted by atomic mass is 35.5. The van der Waals surface area contributed by atoms with Crippen molar-refractivity contribution in [3.63, 3.8) is 0 Å². The number of nitrogens with zero attached hydrogens (tertiary/aromatic N) is 3. The van der Waals surface area contributed by atoms with E-state index >= 15 is 0 Å². The lowest BCUT2D eigenvalue weighted by Gasteiger charge is -2.31. The first kappa shape index (κ1) is 31.7. The standard InChI is InChI=1S/C35H40ClFN6O3/c1-35(2,3)46-34(44)41-24-10-8-23(9-11-24)40-32-28(33(38)42-30-16-22(37)7-14-29(30)36)18-39-43-19-21(15-31(32)43)26-13-12-25(45-4)17-27(26)20-5-6-20/h7,12-20,23-24,40H,5-6,8-11H2,1-4H3,(H2,38,42)(H,41,44). The van der Waals surface area contributed by atoms with Crippen LogP contribution < -0.4 is 21.1 Å². The number of carbonyl (C=O) groups excluding carboxylic acids is 1. The van der Waals surface area contributed by atoms with E-state index in [4.69, 9.17) is 31.9 Å². The molecule has 0 bridgehead atoms. The number of alkyl carbamates (subject to hydrolysis) is 1. The number of hydrogen-bond donors (Lipinski definition) is 3. The number of benzene rings is 2. The van der Waals surface area contributed by atoms with Crippen LogP contribution in [0.1, 0.15) is 76.3 Å². The number of nitrogens with one attached hydrogen (secondary N) is 2. The van der Waals surface area contributed by atoms with Gasteiger partial charge >= 0.3 is 6.09 Å². The molecular formula is C35H40ClFN6O3. The third-order valence-electron chi connectivity index (χ3n) is 8.45. The normalized spacial score (nSPS) is 18.8. The minimum Gasteiger partial charge on any atom is -0.497 e. The molecule has 2 saturated carbocycles. The summed E-state index contributed by atoms with van der Waals surface area (Å²) in [5.74, 6) is 1.06. The molecule has 2 fully saturated rings. The van der Waals surface area contributed by atoms with Crippen LogP contribution in [0.5, 0.6) is 5.75 Å². The lowest BCUT2D eigenvalue weighted by Crippen LogP contribution is -2.42. The zero-order valence-electron chi connectivity index (χ0n) is 26.6. The van der Waals surface area contributed by atoms with Crippen LogP contribution in [-0.4, -0.2) is 46.3 Å². The number of aliphatic imine (C=N–C) groups is 1. The predicted octanol–water partition coefficient (Wildman–Crippen LogP) is 7.96. The zero-order valence-corrected chi connectivity index (χ0v) is 27.3. The van der Waals surface area contributed by atoms with E-state index in [9.17, 15) is 9.18 Å². The van der Waals surface area contributed by atoms with E-state index in [-0.39, 0.29) is 23.6 Å². The molecule has 0 spiro atoms. The minimum atomic E-state index is -0.551. The summed E-state index contributed by atoms with van der Waals surface area (Å²) in [5.41, 5.74) is 11.9. The van der Waals surface area contributed by atoms with E-state index in [2.05, 4.69) is 33.8 Å². The number of aromatic nitrogens is 2. The molecule has 46 heavy (non-hydrogen) atoms. The highest BCUT2D eigenvalue weighted by molar-refractivity contribution is 6.33. The number of fused-ring (bicyclic) bond motifs is 1. The van der Waals surface area contributed by atoms with Crippen molar-refractivity contribution in [1.82, 2.24) is 14.9 Å². The molecule has 242 valence electrons. The van der Waals surface area contributed by atoms with Gasteiger partial charge in [0.25, 0.3) is 0 Å².